The van der Waals surface area contributed by atoms with E-state index in [4.69, 9.17) is 14.2 Å². The molecule has 2 rings (SSSR count). The zero-order chi connectivity index (χ0) is 17.5. The van der Waals surface area contributed by atoms with Gasteiger partial charge in [-0.25, -0.2) is 9.59 Å². The van der Waals surface area contributed by atoms with Crippen molar-refractivity contribution in [2.45, 2.75) is 32.5 Å². The summed E-state index contributed by atoms with van der Waals surface area (Å²) in [6.07, 6.45) is -1.19. The van der Waals surface area contributed by atoms with Crippen molar-refractivity contribution in [3.63, 3.8) is 0 Å². The van der Waals surface area contributed by atoms with E-state index in [1.165, 1.54) is 4.90 Å². The summed E-state index contributed by atoms with van der Waals surface area (Å²) < 4.78 is 15.3. The van der Waals surface area contributed by atoms with Gasteiger partial charge in [0, 0.05) is 6.54 Å². The van der Waals surface area contributed by atoms with Crippen molar-refractivity contribution < 1.29 is 28.6 Å². The van der Waals surface area contributed by atoms with Crippen LogP contribution in [0.25, 0.3) is 0 Å². The van der Waals surface area contributed by atoms with Crippen LogP contribution in [0.5, 0.6) is 0 Å². The molecule has 1 fully saturated rings. The van der Waals surface area contributed by atoms with Gasteiger partial charge in [-0.05, 0) is 19.4 Å². The SMILES string of the molecule is CCOC(=O)[C@@H]1OCC(=O)N(Cc2ccccc2)[C@H]1C(=O)OCC. The predicted molar refractivity (Wildman–Crippen MR) is 83.8 cm³/mol. The Kier molecular flexibility index (Phi) is 6.31. The molecule has 7 heteroatoms. The van der Waals surface area contributed by atoms with Gasteiger partial charge in [0.2, 0.25) is 5.91 Å². The Hall–Kier alpha value is -2.41. The van der Waals surface area contributed by atoms with E-state index >= 15 is 0 Å². The Morgan fingerprint density at radius 2 is 1.75 bits per heavy atom. The molecule has 1 aromatic rings. The molecule has 130 valence electrons. The molecular formula is C17H21NO6. The van der Waals surface area contributed by atoms with E-state index in [0.29, 0.717) is 0 Å². The molecule has 1 heterocycles. The minimum absolute atomic E-state index is 0.137. The van der Waals surface area contributed by atoms with Gasteiger partial charge in [-0.2, -0.15) is 0 Å². The molecule has 24 heavy (non-hydrogen) atoms. The third-order valence-corrected chi connectivity index (χ3v) is 3.57. The molecular weight excluding hydrogens is 314 g/mol. The minimum Gasteiger partial charge on any atom is -0.464 e. The summed E-state index contributed by atoms with van der Waals surface area (Å²) in [4.78, 5) is 38.1. The van der Waals surface area contributed by atoms with Crippen LogP contribution in [0.1, 0.15) is 19.4 Å². The molecule has 0 saturated carbocycles. The van der Waals surface area contributed by atoms with Crippen molar-refractivity contribution in [2.75, 3.05) is 19.8 Å². The first kappa shape index (κ1) is 17.9. The van der Waals surface area contributed by atoms with E-state index < -0.39 is 24.1 Å². The molecule has 0 spiro atoms. The maximum Gasteiger partial charge on any atom is 0.338 e. The third-order valence-electron chi connectivity index (χ3n) is 3.57. The van der Waals surface area contributed by atoms with Gasteiger partial charge in [-0.3, -0.25) is 4.79 Å². The first-order valence-electron chi connectivity index (χ1n) is 7.86. The van der Waals surface area contributed by atoms with Gasteiger partial charge in [-0.1, -0.05) is 30.3 Å². The predicted octanol–water partition coefficient (Wildman–Crippen LogP) is 0.909. The summed E-state index contributed by atoms with van der Waals surface area (Å²) in [5.74, 6) is -1.74. The highest BCUT2D eigenvalue weighted by molar-refractivity contribution is 5.92. The highest BCUT2D eigenvalue weighted by Gasteiger charge is 2.46. The lowest BCUT2D eigenvalue weighted by Gasteiger charge is -2.38. The van der Waals surface area contributed by atoms with Gasteiger partial charge in [0.15, 0.2) is 12.1 Å². The van der Waals surface area contributed by atoms with Crippen LogP contribution in [-0.4, -0.2) is 54.7 Å². The summed E-state index contributed by atoms with van der Waals surface area (Å²) in [7, 11) is 0. The quantitative estimate of drug-likeness (QED) is 0.719. The van der Waals surface area contributed by atoms with Crippen molar-refractivity contribution >= 4 is 17.8 Å². The van der Waals surface area contributed by atoms with E-state index in [1.54, 1.807) is 13.8 Å². The number of nitrogens with zero attached hydrogens (tertiary/aromatic N) is 1. The van der Waals surface area contributed by atoms with E-state index in [1.807, 2.05) is 30.3 Å². The summed E-state index contributed by atoms with van der Waals surface area (Å²) in [5.41, 5.74) is 0.838. The molecule has 2 atom stereocenters. The van der Waals surface area contributed by atoms with E-state index in [9.17, 15) is 14.4 Å². The lowest BCUT2D eigenvalue weighted by atomic mass is 10.1. The Bertz CT molecular complexity index is 588. The molecule has 0 aliphatic carbocycles. The van der Waals surface area contributed by atoms with E-state index in [0.717, 1.165) is 5.56 Å². The average molecular weight is 335 g/mol. The van der Waals surface area contributed by atoms with Crippen molar-refractivity contribution in [3.8, 4) is 0 Å². The van der Waals surface area contributed by atoms with Crippen LogP contribution >= 0.6 is 0 Å². The smallest absolute Gasteiger partial charge is 0.338 e. The highest BCUT2D eigenvalue weighted by atomic mass is 16.6. The van der Waals surface area contributed by atoms with Crippen LogP contribution in [0.3, 0.4) is 0 Å². The maximum absolute atomic E-state index is 12.4. The molecule has 1 saturated heterocycles. The maximum atomic E-state index is 12.4. The zero-order valence-corrected chi connectivity index (χ0v) is 13.8. The van der Waals surface area contributed by atoms with Crippen molar-refractivity contribution in [1.29, 1.82) is 0 Å². The normalized spacial score (nSPS) is 20.6. The molecule has 1 aromatic carbocycles. The summed E-state index contributed by atoms with van der Waals surface area (Å²) in [6.45, 7) is 3.51. The first-order valence-corrected chi connectivity index (χ1v) is 7.86. The van der Waals surface area contributed by atoms with Crippen LogP contribution in [0.2, 0.25) is 0 Å². The summed E-state index contributed by atoms with van der Waals surface area (Å²) in [5, 5.41) is 0. The minimum atomic E-state index is -1.19. The van der Waals surface area contributed by atoms with Gasteiger partial charge in [0.25, 0.3) is 0 Å². The largest absolute Gasteiger partial charge is 0.464 e. The van der Waals surface area contributed by atoms with Crippen LogP contribution in [0.15, 0.2) is 30.3 Å². The third kappa shape index (κ3) is 4.11. The van der Waals surface area contributed by atoms with Crippen molar-refractivity contribution in [3.05, 3.63) is 35.9 Å². The second kappa shape index (κ2) is 8.44. The van der Waals surface area contributed by atoms with E-state index in [2.05, 4.69) is 0 Å². The van der Waals surface area contributed by atoms with Crippen molar-refractivity contribution in [2.24, 2.45) is 0 Å². The Morgan fingerprint density at radius 1 is 1.12 bits per heavy atom. The number of esters is 2. The Morgan fingerprint density at radius 3 is 2.38 bits per heavy atom. The van der Waals surface area contributed by atoms with Crippen LogP contribution in [0, 0.1) is 0 Å². The number of carbonyl (C=O) groups excluding carboxylic acids is 3. The summed E-state index contributed by atoms with van der Waals surface area (Å²) in [6, 6.07) is 8.04. The molecule has 1 aliphatic heterocycles. The lowest BCUT2D eigenvalue weighted by Crippen LogP contribution is -2.60. The fourth-order valence-corrected chi connectivity index (χ4v) is 2.52. The number of benzene rings is 1. The number of amides is 1. The number of morpholine rings is 1. The number of hydrogen-bond donors (Lipinski definition) is 0. The van der Waals surface area contributed by atoms with Crippen LogP contribution < -0.4 is 0 Å². The molecule has 7 nitrogen and oxygen atoms in total. The molecule has 0 aromatic heterocycles. The van der Waals surface area contributed by atoms with Gasteiger partial charge in [0.1, 0.15) is 6.61 Å². The fourth-order valence-electron chi connectivity index (χ4n) is 2.52. The molecule has 1 amide bonds. The number of hydrogen-bond acceptors (Lipinski definition) is 6. The topological polar surface area (TPSA) is 82.1 Å². The second-order valence-corrected chi connectivity index (χ2v) is 5.19. The molecule has 0 N–H and O–H groups in total. The standard InChI is InChI=1S/C17H21NO6/c1-3-22-16(20)14-15(17(21)23-4-2)24-11-13(19)18(14)10-12-8-6-5-7-9-12/h5-9,14-15H,3-4,10-11H2,1-2H3/t14-,15-/m1/s1. The van der Waals surface area contributed by atoms with Crippen LogP contribution in [-0.2, 0) is 35.1 Å². The molecule has 0 radical (unpaired) electrons. The number of rotatable bonds is 6. The zero-order valence-electron chi connectivity index (χ0n) is 13.8. The first-order chi connectivity index (χ1) is 11.6. The Balaban J connectivity index is 2.29. The molecule has 0 bridgehead atoms. The van der Waals surface area contributed by atoms with Gasteiger partial charge < -0.3 is 19.1 Å². The average Bonchev–Trinajstić information content (AvgIpc) is 2.57. The van der Waals surface area contributed by atoms with Gasteiger partial charge >= 0.3 is 11.9 Å². The van der Waals surface area contributed by atoms with Gasteiger partial charge in [0.05, 0.1) is 13.2 Å². The molecule has 0 unspecified atom stereocenters. The van der Waals surface area contributed by atoms with Gasteiger partial charge in [-0.15, -0.1) is 0 Å². The molecule has 1 aliphatic rings. The Labute approximate surface area is 140 Å². The monoisotopic (exact) mass is 335 g/mol. The summed E-state index contributed by atoms with van der Waals surface area (Å²) >= 11 is 0. The van der Waals surface area contributed by atoms with Crippen LogP contribution in [0.4, 0.5) is 0 Å². The number of carbonyl (C=O) groups is 3. The van der Waals surface area contributed by atoms with Crippen molar-refractivity contribution in [1.82, 2.24) is 4.90 Å². The number of ether oxygens (including phenoxy) is 3. The highest BCUT2D eigenvalue weighted by Crippen LogP contribution is 2.21. The fraction of sp³-hybridized carbons (Fsp3) is 0.471. The second-order valence-electron chi connectivity index (χ2n) is 5.19. The van der Waals surface area contributed by atoms with E-state index in [-0.39, 0.29) is 32.3 Å². The lowest BCUT2D eigenvalue weighted by molar-refractivity contribution is -0.187.